The minimum atomic E-state index is -0.634. The van der Waals surface area contributed by atoms with Crippen molar-refractivity contribution in [3.8, 4) is 23.6 Å². The first-order chi connectivity index (χ1) is 18.1. The van der Waals surface area contributed by atoms with Gasteiger partial charge in [0.25, 0.3) is 5.91 Å². The zero-order valence-electron chi connectivity index (χ0n) is 21.8. The molecule has 0 fully saturated rings. The lowest BCUT2D eigenvalue weighted by molar-refractivity contribution is -0.111. The first-order valence-corrected chi connectivity index (χ1v) is 12.1. The summed E-state index contributed by atoms with van der Waals surface area (Å²) in [6.07, 6.45) is 5.30. The van der Waals surface area contributed by atoms with Gasteiger partial charge >= 0.3 is 6.09 Å². The van der Waals surface area contributed by atoms with Crippen molar-refractivity contribution in [2.45, 2.75) is 39.7 Å². The minimum Gasteiger partial charge on any atom is -0.442 e. The Balaban J connectivity index is 1.65. The molecule has 2 aromatic carbocycles. The monoisotopic (exact) mass is 507 g/mol. The van der Waals surface area contributed by atoms with E-state index in [2.05, 4.69) is 27.9 Å². The number of aromatic nitrogens is 3. The SMILES string of the molecule is C#CC(=O)Nc1ccc(-c2cc(Cc3ccccc3)cc(Nc3cc(C)n(C(=O)OC(C)(C)C)n3)n2)cc1. The van der Waals surface area contributed by atoms with E-state index in [1.54, 1.807) is 25.1 Å². The largest absolute Gasteiger partial charge is 0.442 e. The molecule has 0 aliphatic carbocycles. The fraction of sp³-hybridized carbons (Fsp3) is 0.200. The van der Waals surface area contributed by atoms with Crippen molar-refractivity contribution in [2.75, 3.05) is 10.6 Å². The summed E-state index contributed by atoms with van der Waals surface area (Å²) in [5, 5.41) is 10.3. The summed E-state index contributed by atoms with van der Waals surface area (Å²) < 4.78 is 6.68. The van der Waals surface area contributed by atoms with Crippen molar-refractivity contribution in [3.63, 3.8) is 0 Å². The van der Waals surface area contributed by atoms with Gasteiger partial charge in [0, 0.05) is 23.0 Å². The molecule has 0 unspecified atom stereocenters. The number of pyridine rings is 1. The molecule has 2 N–H and O–H groups in total. The molecule has 38 heavy (non-hydrogen) atoms. The van der Waals surface area contributed by atoms with Crippen molar-refractivity contribution in [1.82, 2.24) is 14.8 Å². The topological polar surface area (TPSA) is 98.1 Å². The molecule has 4 aromatic rings. The van der Waals surface area contributed by atoms with Crippen molar-refractivity contribution in [1.29, 1.82) is 0 Å². The highest BCUT2D eigenvalue weighted by Gasteiger charge is 2.20. The summed E-state index contributed by atoms with van der Waals surface area (Å²) in [6, 6.07) is 23.2. The molecule has 2 aromatic heterocycles. The second-order valence-electron chi connectivity index (χ2n) is 9.77. The van der Waals surface area contributed by atoms with Gasteiger partial charge < -0.3 is 15.4 Å². The zero-order valence-corrected chi connectivity index (χ0v) is 21.8. The molecule has 0 aliphatic heterocycles. The Morgan fingerprint density at radius 2 is 1.68 bits per heavy atom. The number of carbonyl (C=O) groups is 2. The number of carbonyl (C=O) groups excluding carboxylic acids is 2. The number of ether oxygens (including phenoxy) is 1. The molecule has 192 valence electrons. The number of aryl methyl sites for hydroxylation is 1. The normalized spacial score (nSPS) is 10.9. The van der Waals surface area contributed by atoms with Crippen molar-refractivity contribution < 1.29 is 14.3 Å². The molecule has 0 bridgehead atoms. The minimum absolute atomic E-state index is 0.469. The molecule has 8 heteroatoms. The van der Waals surface area contributed by atoms with Gasteiger partial charge in [0.05, 0.1) is 5.69 Å². The van der Waals surface area contributed by atoms with Crippen LogP contribution in [0.15, 0.2) is 72.8 Å². The third-order valence-electron chi connectivity index (χ3n) is 5.42. The summed E-state index contributed by atoms with van der Waals surface area (Å²) in [5.74, 6) is 2.58. The average Bonchev–Trinajstić information content (AvgIpc) is 3.23. The molecule has 8 nitrogen and oxygen atoms in total. The molecule has 4 rings (SSSR count). The molecule has 0 spiro atoms. The molecule has 1 amide bonds. The third-order valence-corrected chi connectivity index (χ3v) is 5.42. The van der Waals surface area contributed by atoms with E-state index >= 15 is 0 Å². The Morgan fingerprint density at radius 1 is 0.974 bits per heavy atom. The van der Waals surface area contributed by atoms with Crippen LogP contribution in [0.3, 0.4) is 0 Å². The molecule has 0 aliphatic rings. The van der Waals surface area contributed by atoms with Crippen LogP contribution in [0.1, 0.15) is 37.6 Å². The van der Waals surface area contributed by atoms with Gasteiger partial charge in [-0.25, -0.2) is 9.78 Å². The van der Waals surface area contributed by atoms with E-state index in [1.807, 2.05) is 69.2 Å². The van der Waals surface area contributed by atoms with Gasteiger partial charge in [-0.05, 0) is 75.4 Å². The number of benzene rings is 2. The van der Waals surface area contributed by atoms with Gasteiger partial charge in [0.15, 0.2) is 5.82 Å². The highest BCUT2D eigenvalue weighted by atomic mass is 16.6. The van der Waals surface area contributed by atoms with Gasteiger partial charge in [-0.2, -0.15) is 4.68 Å². The number of rotatable bonds is 6. The Hall–Kier alpha value is -4.90. The van der Waals surface area contributed by atoms with Crippen LogP contribution in [0.5, 0.6) is 0 Å². The predicted molar refractivity (Wildman–Crippen MR) is 148 cm³/mol. The number of hydrogen-bond donors (Lipinski definition) is 2. The Morgan fingerprint density at radius 3 is 2.34 bits per heavy atom. The van der Waals surface area contributed by atoms with Gasteiger partial charge in [0.1, 0.15) is 11.4 Å². The van der Waals surface area contributed by atoms with E-state index in [0.29, 0.717) is 29.4 Å². The van der Waals surface area contributed by atoms with E-state index in [0.717, 1.165) is 22.4 Å². The van der Waals surface area contributed by atoms with E-state index in [4.69, 9.17) is 16.1 Å². The molecule has 2 heterocycles. The van der Waals surface area contributed by atoms with Crippen LogP contribution in [0.25, 0.3) is 11.3 Å². The quantitative estimate of drug-likeness (QED) is 0.313. The number of anilines is 3. The van der Waals surface area contributed by atoms with Crippen LogP contribution >= 0.6 is 0 Å². The van der Waals surface area contributed by atoms with Crippen LogP contribution < -0.4 is 10.6 Å². The fourth-order valence-electron chi connectivity index (χ4n) is 3.78. The lowest BCUT2D eigenvalue weighted by Gasteiger charge is -2.19. The average molecular weight is 508 g/mol. The Labute approximate surface area is 222 Å². The number of terminal acetylenes is 1. The Kier molecular flexibility index (Phi) is 7.58. The highest BCUT2D eigenvalue weighted by Crippen LogP contribution is 2.26. The van der Waals surface area contributed by atoms with Gasteiger partial charge in [-0.15, -0.1) is 11.5 Å². The maximum Gasteiger partial charge on any atom is 0.435 e. The third kappa shape index (κ3) is 6.86. The van der Waals surface area contributed by atoms with E-state index < -0.39 is 17.6 Å². The summed E-state index contributed by atoms with van der Waals surface area (Å²) >= 11 is 0. The molecule has 0 atom stereocenters. The summed E-state index contributed by atoms with van der Waals surface area (Å²) in [5.41, 5.74) is 4.39. The van der Waals surface area contributed by atoms with Gasteiger partial charge in [-0.1, -0.05) is 42.5 Å². The van der Waals surface area contributed by atoms with Crippen LogP contribution in [0.2, 0.25) is 0 Å². The highest BCUT2D eigenvalue weighted by molar-refractivity contribution is 6.03. The zero-order chi connectivity index (χ0) is 27.3. The lowest BCUT2D eigenvalue weighted by atomic mass is 10.0. The lowest BCUT2D eigenvalue weighted by Crippen LogP contribution is -2.28. The number of amides is 1. The predicted octanol–water partition coefficient (Wildman–Crippen LogP) is 5.94. The number of hydrogen-bond acceptors (Lipinski definition) is 6. The molecular formula is C30H29N5O3. The maximum absolute atomic E-state index is 12.6. The van der Waals surface area contributed by atoms with Crippen LogP contribution in [-0.4, -0.2) is 32.4 Å². The van der Waals surface area contributed by atoms with Crippen LogP contribution in [0.4, 0.5) is 22.1 Å². The summed E-state index contributed by atoms with van der Waals surface area (Å²) in [6.45, 7) is 7.21. The maximum atomic E-state index is 12.6. The van der Waals surface area contributed by atoms with Crippen molar-refractivity contribution in [3.05, 3.63) is 89.6 Å². The molecule has 0 saturated carbocycles. The van der Waals surface area contributed by atoms with E-state index in [1.165, 1.54) is 4.68 Å². The van der Waals surface area contributed by atoms with E-state index in [9.17, 15) is 9.59 Å². The van der Waals surface area contributed by atoms with Crippen molar-refractivity contribution in [2.24, 2.45) is 0 Å². The second-order valence-corrected chi connectivity index (χ2v) is 9.77. The fourth-order valence-corrected chi connectivity index (χ4v) is 3.78. The van der Waals surface area contributed by atoms with Crippen LogP contribution in [-0.2, 0) is 16.0 Å². The Bertz CT molecular complexity index is 1490. The van der Waals surface area contributed by atoms with Gasteiger partial charge in [0.2, 0.25) is 0 Å². The summed E-state index contributed by atoms with van der Waals surface area (Å²) in [4.78, 5) is 28.9. The molecule has 0 saturated heterocycles. The second kappa shape index (κ2) is 11.0. The van der Waals surface area contributed by atoms with Gasteiger partial charge in [-0.3, -0.25) is 4.79 Å². The molecular weight excluding hydrogens is 478 g/mol. The smallest absolute Gasteiger partial charge is 0.435 e. The molecule has 0 radical (unpaired) electrons. The standard InChI is InChI=1S/C30H29N5O3/c1-6-28(36)31-24-14-12-23(13-15-24)25-18-22(17-21-10-8-7-9-11-21)19-26(32-25)33-27-16-20(2)35(34-27)29(37)38-30(3,4)5/h1,7-16,18-19H,17H2,2-5H3,(H,31,36)(H,32,33,34). The van der Waals surface area contributed by atoms with Crippen LogP contribution in [0, 0.1) is 19.3 Å². The first-order valence-electron chi connectivity index (χ1n) is 12.1. The number of nitrogens with one attached hydrogen (secondary N) is 2. The first kappa shape index (κ1) is 26.2. The number of nitrogens with zero attached hydrogens (tertiary/aromatic N) is 3. The van der Waals surface area contributed by atoms with Crippen molar-refractivity contribution >= 4 is 29.3 Å². The summed E-state index contributed by atoms with van der Waals surface area (Å²) in [7, 11) is 0. The van der Waals surface area contributed by atoms with E-state index in [-0.39, 0.29) is 0 Å².